The van der Waals surface area contributed by atoms with E-state index in [0.717, 1.165) is 28.1 Å². The smallest absolute Gasteiger partial charge is 0.508 e. The van der Waals surface area contributed by atoms with Crippen molar-refractivity contribution in [2.24, 2.45) is 23.7 Å². The van der Waals surface area contributed by atoms with Crippen molar-refractivity contribution in [3.63, 3.8) is 0 Å². The third kappa shape index (κ3) is 6.01. The van der Waals surface area contributed by atoms with Crippen molar-refractivity contribution in [3.05, 3.63) is 116 Å². The number of allylic oxidation sites excluding steroid dienone is 2. The molecule has 4 aliphatic rings. The highest BCUT2D eigenvalue weighted by Crippen LogP contribution is 2.65. The Balaban J connectivity index is 1.34. The zero-order valence-corrected chi connectivity index (χ0v) is 31.0. The molecule has 55 heavy (non-hydrogen) atoms. The molecule has 4 aromatic rings. The molecule has 0 unspecified atom stereocenters. The first-order valence-electron chi connectivity index (χ1n) is 17.1. The molecule has 8 rings (SSSR count). The van der Waals surface area contributed by atoms with E-state index in [9.17, 15) is 32.7 Å². The number of phenols is 1. The van der Waals surface area contributed by atoms with Crippen molar-refractivity contribution < 1.29 is 46.9 Å². The number of aromatic hydroxyl groups is 1. The number of carbonyl (C=O) groups excluding carboxylic acids is 4. The summed E-state index contributed by atoms with van der Waals surface area (Å²) in [4.78, 5) is 60.5. The molecule has 10 nitrogen and oxygen atoms in total. The first kappa shape index (κ1) is 36.9. The number of hydrogen-bond acceptors (Lipinski definition) is 9. The number of ether oxygens (including phenoxy) is 2. The maximum absolute atomic E-state index is 15.4. The molecule has 6 atom stereocenters. The van der Waals surface area contributed by atoms with Crippen molar-refractivity contribution in [3.8, 4) is 17.2 Å². The van der Waals surface area contributed by atoms with Crippen molar-refractivity contribution in [1.82, 2.24) is 9.91 Å². The minimum absolute atomic E-state index is 0.0572. The summed E-state index contributed by atoms with van der Waals surface area (Å²) < 4.78 is 50.5. The first-order chi connectivity index (χ1) is 26.2. The largest absolute Gasteiger partial charge is 0.573 e. The number of alkyl halides is 3. The van der Waals surface area contributed by atoms with Gasteiger partial charge in [-0.1, -0.05) is 53.1 Å². The molecule has 1 saturated carbocycles. The van der Waals surface area contributed by atoms with Crippen molar-refractivity contribution in [1.29, 1.82) is 0 Å². The lowest BCUT2D eigenvalue weighted by Gasteiger charge is -2.50. The van der Waals surface area contributed by atoms with Gasteiger partial charge in [0.15, 0.2) is 0 Å². The number of carbonyl (C=O) groups is 4. The highest BCUT2D eigenvalue weighted by atomic mass is 35.5. The number of rotatable bonds is 8. The van der Waals surface area contributed by atoms with Crippen LogP contribution in [0.1, 0.15) is 34.8 Å². The van der Waals surface area contributed by atoms with Crippen molar-refractivity contribution in [2.45, 2.75) is 37.1 Å². The van der Waals surface area contributed by atoms with Gasteiger partial charge in [0.1, 0.15) is 17.2 Å². The topological polar surface area (TPSA) is 125 Å². The maximum atomic E-state index is 15.4. The number of phenolic OH excluding ortho intramolecular Hbond substituents is 1. The Hall–Kier alpha value is -5.05. The van der Waals surface area contributed by atoms with E-state index in [0.29, 0.717) is 21.9 Å². The monoisotopic (exact) mass is 811 g/mol. The SMILES string of the molecule is COc1ccc([C@@]23C(=O)N(Nc4ccc(Cl)cc4Cl)C(=O)[C@@H]2C[C@@H]2C(=CC[C@@H]4C(=O)N(Cc5cccs5)C(=O)[C@@H]42)[C@@H]3c2cc(OC(F)(F)F)ccc2O)cc1. The molecule has 3 fully saturated rings. The molecule has 2 aliphatic carbocycles. The van der Waals surface area contributed by atoms with Crippen LogP contribution in [-0.4, -0.2) is 52.1 Å². The van der Waals surface area contributed by atoms with E-state index in [4.69, 9.17) is 27.9 Å². The van der Waals surface area contributed by atoms with Crippen LogP contribution in [0.4, 0.5) is 18.9 Å². The van der Waals surface area contributed by atoms with Crippen molar-refractivity contribution in [2.75, 3.05) is 12.5 Å². The predicted octanol–water partition coefficient (Wildman–Crippen LogP) is 7.85. The molecule has 0 bridgehead atoms. The van der Waals surface area contributed by atoms with Crippen LogP contribution in [0.3, 0.4) is 0 Å². The third-order valence-corrected chi connectivity index (χ3v) is 12.5. The quantitative estimate of drug-likeness (QED) is 0.136. The number of imide groups is 2. The fourth-order valence-corrected chi connectivity index (χ4v) is 10.1. The van der Waals surface area contributed by atoms with Crippen LogP contribution in [0, 0.1) is 23.7 Å². The van der Waals surface area contributed by atoms with Crippen molar-refractivity contribution >= 4 is 63.9 Å². The number of hydrazine groups is 1. The van der Waals surface area contributed by atoms with E-state index in [2.05, 4.69) is 10.2 Å². The van der Waals surface area contributed by atoms with E-state index in [1.807, 2.05) is 17.5 Å². The normalized spacial score (nSPS) is 26.1. The number of likely N-dealkylation sites (tertiary alicyclic amines) is 1. The zero-order chi connectivity index (χ0) is 39.0. The summed E-state index contributed by atoms with van der Waals surface area (Å²) in [6.07, 6.45) is -3.38. The molecule has 2 aliphatic heterocycles. The Morgan fingerprint density at radius 1 is 0.945 bits per heavy atom. The molecule has 3 aromatic carbocycles. The lowest BCUT2D eigenvalue weighted by Crippen LogP contribution is -2.53. The number of nitrogens with one attached hydrogen (secondary N) is 1. The van der Waals surface area contributed by atoms with Gasteiger partial charge in [0, 0.05) is 21.4 Å². The fraction of sp³-hybridized carbons (Fsp3) is 0.282. The summed E-state index contributed by atoms with van der Waals surface area (Å²) in [5, 5.41) is 14.6. The average molecular weight is 813 g/mol. The number of benzene rings is 3. The zero-order valence-electron chi connectivity index (χ0n) is 28.7. The van der Waals surface area contributed by atoms with Gasteiger partial charge >= 0.3 is 6.36 Å². The lowest BCUT2D eigenvalue weighted by molar-refractivity contribution is -0.274. The number of methoxy groups -OCH3 is 1. The standard InChI is InChI=1S/C39H30Cl2F3N3O7S/c1-53-21-7-4-19(5-8-21)38-28(35(50)47(37(38)52)45-30-12-6-20(40)15-29(30)41)17-26-24(33(38)27-16-22(9-13-31(27)48)54-39(42,43)44)10-11-25-32(26)36(51)46(34(25)49)18-23-3-2-14-55-23/h2-10,12-16,25-26,28,32-33,45,48H,11,17-18H2,1H3/t25-,26+,28-,32-,33+,38+/m0/s1. The molecule has 3 heterocycles. The Morgan fingerprint density at radius 2 is 1.69 bits per heavy atom. The van der Waals surface area contributed by atoms with Gasteiger partial charge in [-0.3, -0.25) is 29.5 Å². The molecular formula is C39H30Cl2F3N3O7S. The minimum Gasteiger partial charge on any atom is -0.508 e. The lowest BCUT2D eigenvalue weighted by atomic mass is 9.49. The second kappa shape index (κ2) is 13.6. The molecular weight excluding hydrogens is 782 g/mol. The number of fused-ring (bicyclic) bond motifs is 4. The summed E-state index contributed by atoms with van der Waals surface area (Å²) in [7, 11) is 1.45. The van der Waals surface area contributed by atoms with E-state index in [-0.39, 0.29) is 41.6 Å². The molecule has 1 aromatic heterocycles. The van der Waals surface area contributed by atoms with Gasteiger partial charge in [-0.25, -0.2) is 0 Å². The molecule has 16 heteroatoms. The van der Waals surface area contributed by atoms with Gasteiger partial charge in [0.2, 0.25) is 11.8 Å². The fourth-order valence-electron chi connectivity index (χ4n) is 8.93. The van der Waals surface area contributed by atoms with Crippen LogP contribution in [0.2, 0.25) is 10.0 Å². The Kier molecular flexibility index (Phi) is 9.13. The molecule has 2 saturated heterocycles. The average Bonchev–Trinajstić information content (AvgIpc) is 3.81. The summed E-state index contributed by atoms with van der Waals surface area (Å²) >= 11 is 14.0. The van der Waals surface area contributed by atoms with E-state index in [1.165, 1.54) is 41.5 Å². The highest BCUT2D eigenvalue weighted by molar-refractivity contribution is 7.09. The predicted molar refractivity (Wildman–Crippen MR) is 195 cm³/mol. The molecule has 2 N–H and O–H groups in total. The van der Waals surface area contributed by atoms with Gasteiger partial charge in [0.05, 0.1) is 47.5 Å². The Bertz CT molecular complexity index is 2270. The highest BCUT2D eigenvalue weighted by Gasteiger charge is 2.70. The van der Waals surface area contributed by atoms with Crippen LogP contribution in [-0.2, 0) is 31.1 Å². The Morgan fingerprint density at radius 3 is 2.36 bits per heavy atom. The number of hydrogen-bond donors (Lipinski definition) is 2. The maximum Gasteiger partial charge on any atom is 0.573 e. The second-order valence-corrected chi connectivity index (χ2v) is 15.7. The molecule has 0 radical (unpaired) electrons. The van der Waals surface area contributed by atoms with E-state index >= 15 is 4.79 Å². The third-order valence-electron chi connectivity index (χ3n) is 11.1. The van der Waals surface area contributed by atoms with Crippen LogP contribution in [0.15, 0.2) is 89.8 Å². The number of halogens is 5. The van der Waals surface area contributed by atoms with Crippen LogP contribution in [0.25, 0.3) is 0 Å². The van der Waals surface area contributed by atoms with E-state index in [1.54, 1.807) is 30.3 Å². The number of thiophene rings is 1. The summed E-state index contributed by atoms with van der Waals surface area (Å²) in [5.41, 5.74) is 1.68. The molecule has 0 spiro atoms. The van der Waals surface area contributed by atoms with Gasteiger partial charge in [-0.15, -0.1) is 24.5 Å². The second-order valence-electron chi connectivity index (χ2n) is 13.8. The number of amides is 4. The van der Waals surface area contributed by atoms with Gasteiger partial charge in [-0.2, -0.15) is 5.01 Å². The number of nitrogens with zero attached hydrogens (tertiary/aromatic N) is 2. The van der Waals surface area contributed by atoms with Gasteiger partial charge < -0.3 is 14.6 Å². The summed E-state index contributed by atoms with van der Waals surface area (Å²) in [6, 6.07) is 17.4. The summed E-state index contributed by atoms with van der Waals surface area (Å²) in [5.74, 6) is -8.21. The van der Waals surface area contributed by atoms with Gasteiger partial charge in [0.25, 0.3) is 11.8 Å². The Labute approximate surface area is 326 Å². The minimum atomic E-state index is -5.10. The van der Waals surface area contributed by atoms with Crippen LogP contribution in [0.5, 0.6) is 17.2 Å². The first-order valence-corrected chi connectivity index (χ1v) is 18.8. The van der Waals surface area contributed by atoms with Crippen LogP contribution >= 0.6 is 34.5 Å². The van der Waals surface area contributed by atoms with E-state index < -0.39 is 70.6 Å². The number of anilines is 1. The molecule has 284 valence electrons. The molecule has 4 amide bonds. The summed E-state index contributed by atoms with van der Waals surface area (Å²) in [6.45, 7) is 0.0572. The van der Waals surface area contributed by atoms with Gasteiger partial charge in [-0.05, 0) is 84.3 Å². The van der Waals surface area contributed by atoms with Crippen LogP contribution < -0.4 is 14.9 Å².